The van der Waals surface area contributed by atoms with Gasteiger partial charge in [-0.15, -0.1) is 0 Å². The summed E-state index contributed by atoms with van der Waals surface area (Å²) in [5, 5.41) is -0.245. The Balaban J connectivity index is 1.17. The number of hydrogen-bond donors (Lipinski definition) is 0. The molecule has 484 valence electrons. The van der Waals surface area contributed by atoms with Crippen LogP contribution in [0.5, 0.6) is 0 Å². The van der Waals surface area contributed by atoms with Gasteiger partial charge in [-0.2, -0.15) is 105 Å². The van der Waals surface area contributed by atoms with Crippen molar-refractivity contribution in [2.45, 2.75) is 49.4 Å². The van der Waals surface area contributed by atoms with E-state index < -0.39 is 116 Å². The molecular weight excluding hydrogens is 1320 g/mol. The van der Waals surface area contributed by atoms with Gasteiger partial charge in [0.15, 0.2) is 0 Å². The molecule has 96 heavy (non-hydrogen) atoms. The Morgan fingerprint density at radius 3 is 0.490 bits per heavy atom. The molecule has 2 aliphatic rings. The zero-order valence-electron chi connectivity index (χ0n) is 47.2. The van der Waals surface area contributed by atoms with Crippen molar-refractivity contribution in [2.24, 2.45) is 0 Å². The first kappa shape index (κ1) is 62.1. The van der Waals surface area contributed by atoms with Crippen LogP contribution in [0.3, 0.4) is 0 Å². The Morgan fingerprint density at radius 2 is 0.333 bits per heavy atom. The molecule has 0 unspecified atom stereocenters. The Kier molecular flexibility index (Phi) is 12.8. The molecule has 0 fully saturated rings. The quantitative estimate of drug-likeness (QED) is 0.0936. The summed E-state index contributed by atoms with van der Waals surface area (Å²) in [6, 6.07) is 24.1. The van der Waals surface area contributed by atoms with Crippen molar-refractivity contribution in [3.05, 3.63) is 256 Å². The van der Waals surface area contributed by atoms with Gasteiger partial charge in [0.05, 0.1) is 44.5 Å². The molecule has 0 aromatic heterocycles. The van der Waals surface area contributed by atoms with E-state index in [1.807, 2.05) is 0 Å². The highest BCUT2D eigenvalue weighted by molar-refractivity contribution is 6.33. The predicted octanol–water partition coefficient (Wildman–Crippen LogP) is 24.6. The minimum Gasteiger partial charge on any atom is -0.166 e. The molecule has 15 rings (SSSR count). The van der Waals surface area contributed by atoms with Crippen LogP contribution >= 0.6 is 0 Å². The molecule has 24 heteroatoms. The van der Waals surface area contributed by atoms with Crippen molar-refractivity contribution < 1.29 is 105 Å². The van der Waals surface area contributed by atoms with Crippen LogP contribution in [0.15, 0.2) is 170 Å². The zero-order valence-corrected chi connectivity index (χ0v) is 47.2. The van der Waals surface area contributed by atoms with E-state index in [9.17, 15) is 105 Å². The average Bonchev–Trinajstić information content (AvgIpc) is 1.49. The minimum absolute atomic E-state index is 0.000787. The molecule has 0 heterocycles. The van der Waals surface area contributed by atoms with E-state index in [0.717, 1.165) is 0 Å². The highest BCUT2D eigenvalue weighted by Gasteiger charge is 2.43. The third-order valence-electron chi connectivity index (χ3n) is 17.9. The number of hydrogen-bond acceptors (Lipinski definition) is 0. The molecule has 13 aromatic carbocycles. The standard InChI is InChI=1S/C72H28F24/c73-65(74,75)33-17-29(18-34(25-33)66(76,77)78)53-41-5-1-2-6-42(41)54(30-19-35(67(79,80)81)26-36(20-30)68(82,83)84)62-50-14-10-46-48-12-16-52-60-51(15-11-47(58(48)60)45-9-13-49(61(53)62)59(50)57(45)46)63-55(31-21-37(69(85,86)87)27-38(22-31)70(88,89)90)43-7-3-4-8-44(43)56(64(52)63)32-23-39(71(91,92)93)28-40(24-32)72(94,95)96/h1-28H. The summed E-state index contributed by atoms with van der Waals surface area (Å²) in [6.07, 6.45) is -43.5. The molecule has 0 amide bonds. The van der Waals surface area contributed by atoms with Crippen LogP contribution in [0, 0.1) is 41.7 Å². The lowest BCUT2D eigenvalue weighted by Crippen LogP contribution is -2.11. The van der Waals surface area contributed by atoms with Gasteiger partial charge in [0.1, 0.15) is 0 Å². The first-order valence-corrected chi connectivity index (χ1v) is 28.3. The molecule has 0 atom stereocenters. The third kappa shape index (κ3) is 9.41. The lowest BCUT2D eigenvalue weighted by atomic mass is 9.86. The first-order valence-electron chi connectivity index (χ1n) is 28.3. The van der Waals surface area contributed by atoms with Crippen LogP contribution in [0.2, 0.25) is 0 Å². The van der Waals surface area contributed by atoms with E-state index in [1.54, 1.807) is 0 Å². The van der Waals surface area contributed by atoms with Crippen LogP contribution in [0.25, 0.3) is 109 Å². The number of fused-ring (bicyclic) bond motifs is 6. The SMILES string of the molecule is FC(F)(F)c1cc(-c2c3c(c(-c4cc(C(F)(F)F)cc(C(F)(F)F)c4)c4ccccc24)=c2ccc4c5ccc6c7c(ccc(c8ccc=3c2c84)c75)=c2c(-c3cc(C(F)(F)F)cc(C(F)(F)F)c3)c3ccccc3c(-c3cc(C(F)(F)F)cc(C(F)(F)F)c3)c2=6)cc(C(F)(F)F)c1. The molecule has 0 aliphatic heterocycles. The lowest BCUT2D eigenvalue weighted by molar-refractivity contribution is -0.144. The summed E-state index contributed by atoms with van der Waals surface area (Å²) < 4.78 is 356. The van der Waals surface area contributed by atoms with E-state index in [-0.39, 0.29) is 153 Å². The van der Waals surface area contributed by atoms with Gasteiger partial charge >= 0.3 is 49.4 Å². The second-order valence-corrected chi connectivity index (χ2v) is 23.4. The van der Waals surface area contributed by atoms with Crippen LogP contribution in [0.4, 0.5) is 105 Å². The maximum Gasteiger partial charge on any atom is 0.416 e. The van der Waals surface area contributed by atoms with Gasteiger partial charge in [-0.25, -0.2) is 0 Å². The van der Waals surface area contributed by atoms with E-state index in [1.165, 1.54) is 97.1 Å². The number of benzene rings is 13. The van der Waals surface area contributed by atoms with E-state index in [2.05, 4.69) is 0 Å². The van der Waals surface area contributed by atoms with Crippen LogP contribution < -0.4 is 0 Å². The first-order chi connectivity index (χ1) is 44.7. The molecule has 13 aromatic rings. The van der Waals surface area contributed by atoms with Crippen molar-refractivity contribution in [1.82, 2.24) is 0 Å². The van der Waals surface area contributed by atoms with Crippen molar-refractivity contribution in [3.63, 3.8) is 0 Å². The van der Waals surface area contributed by atoms with Crippen molar-refractivity contribution in [1.29, 1.82) is 0 Å². The highest BCUT2D eigenvalue weighted by atomic mass is 19.4. The smallest absolute Gasteiger partial charge is 0.166 e. The molecule has 0 nitrogen and oxygen atoms in total. The monoisotopic (exact) mass is 1350 g/mol. The number of rotatable bonds is 4. The maximum absolute atomic E-state index is 14.8. The van der Waals surface area contributed by atoms with Crippen molar-refractivity contribution >= 4 is 64.6 Å². The van der Waals surface area contributed by atoms with Gasteiger partial charge in [0.25, 0.3) is 0 Å². The van der Waals surface area contributed by atoms with Gasteiger partial charge in [0.2, 0.25) is 0 Å². The molecule has 0 N–H and O–H groups in total. The molecular formula is C72H28F24. The fraction of sp³-hybridized carbons (Fsp3) is 0.111. The van der Waals surface area contributed by atoms with Crippen molar-refractivity contribution in [3.8, 4) is 44.5 Å². The number of alkyl halides is 24. The largest absolute Gasteiger partial charge is 0.416 e. The molecule has 0 saturated heterocycles. The lowest BCUT2D eigenvalue weighted by Gasteiger charge is -2.19. The Labute approximate surface area is 518 Å². The Bertz CT molecular complexity index is 5200. The number of halogens is 24. The van der Waals surface area contributed by atoms with Gasteiger partial charge in [-0.05, 0) is 224 Å². The third-order valence-corrected chi connectivity index (χ3v) is 17.9. The molecule has 2 aliphatic carbocycles. The van der Waals surface area contributed by atoms with E-state index in [0.29, 0.717) is 48.5 Å². The molecule has 0 bridgehead atoms. The van der Waals surface area contributed by atoms with Crippen LogP contribution in [-0.4, -0.2) is 0 Å². The fourth-order valence-corrected chi connectivity index (χ4v) is 14.3. The summed E-state index contributed by atoms with van der Waals surface area (Å²) in [5.74, 6) is 0. The summed E-state index contributed by atoms with van der Waals surface area (Å²) in [6.45, 7) is 0. The van der Waals surface area contributed by atoms with Crippen molar-refractivity contribution in [2.75, 3.05) is 0 Å². The van der Waals surface area contributed by atoms with Gasteiger partial charge in [-0.1, -0.05) is 97.1 Å². The molecule has 0 spiro atoms. The summed E-state index contributed by atoms with van der Waals surface area (Å²) in [5.41, 5.74) is -18.7. The Morgan fingerprint density at radius 1 is 0.167 bits per heavy atom. The average molecular weight is 1350 g/mol. The topological polar surface area (TPSA) is 0 Å². The summed E-state index contributed by atoms with van der Waals surface area (Å²) >= 11 is 0. The zero-order chi connectivity index (χ0) is 68.6. The normalized spacial score (nSPS) is 13.8. The van der Waals surface area contributed by atoms with Crippen LogP contribution in [-0.2, 0) is 49.4 Å². The van der Waals surface area contributed by atoms with Gasteiger partial charge in [0, 0.05) is 0 Å². The molecule has 0 radical (unpaired) electrons. The second kappa shape index (κ2) is 19.8. The van der Waals surface area contributed by atoms with E-state index in [4.69, 9.17) is 0 Å². The molecule has 0 saturated carbocycles. The minimum atomic E-state index is -5.44. The highest BCUT2D eigenvalue weighted by Crippen LogP contribution is 2.53. The van der Waals surface area contributed by atoms with Gasteiger partial charge < -0.3 is 0 Å². The van der Waals surface area contributed by atoms with E-state index >= 15 is 0 Å². The second-order valence-electron chi connectivity index (χ2n) is 23.4. The van der Waals surface area contributed by atoms with Gasteiger partial charge in [-0.3, -0.25) is 0 Å². The maximum atomic E-state index is 14.8. The van der Waals surface area contributed by atoms with Crippen LogP contribution in [0.1, 0.15) is 44.5 Å². The fourth-order valence-electron chi connectivity index (χ4n) is 14.3. The Hall–Kier alpha value is -10.0. The summed E-state index contributed by atoms with van der Waals surface area (Å²) in [4.78, 5) is 0. The predicted molar refractivity (Wildman–Crippen MR) is 308 cm³/mol. The summed E-state index contributed by atoms with van der Waals surface area (Å²) in [7, 11) is 0.